The van der Waals surface area contributed by atoms with Crippen LogP contribution in [0.3, 0.4) is 0 Å². The number of hydrogen-bond acceptors (Lipinski definition) is 1. The molecule has 0 bridgehead atoms. The summed E-state index contributed by atoms with van der Waals surface area (Å²) in [6.45, 7) is 12.2. The van der Waals surface area contributed by atoms with Crippen LogP contribution in [0.2, 0.25) is 0 Å². The molecule has 0 aromatic carbocycles. The van der Waals surface area contributed by atoms with Crippen LogP contribution in [0, 0.1) is 11.3 Å². The number of hydrogen-bond donors (Lipinski definition) is 1. The zero-order valence-corrected chi connectivity index (χ0v) is 10.5. The molecule has 0 saturated carbocycles. The normalized spacial score (nSPS) is 14.4. The predicted molar refractivity (Wildman–Crippen MR) is 65.4 cm³/mol. The van der Waals surface area contributed by atoms with Gasteiger partial charge in [0.2, 0.25) is 0 Å². The van der Waals surface area contributed by atoms with E-state index in [-0.39, 0.29) is 5.41 Å². The van der Waals surface area contributed by atoms with Crippen molar-refractivity contribution in [3.8, 4) is 0 Å². The van der Waals surface area contributed by atoms with Gasteiger partial charge in [0.15, 0.2) is 0 Å². The Morgan fingerprint density at radius 3 is 2.21 bits per heavy atom. The Kier molecular flexibility index (Phi) is 5.78. The maximum absolute atomic E-state index is 3.09. The predicted octanol–water partition coefficient (Wildman–Crippen LogP) is 3.39. The Balaban J connectivity index is 4.51. The summed E-state index contributed by atoms with van der Waals surface area (Å²) in [6.07, 6.45) is 6.55. The fraction of sp³-hybridized carbons (Fsp3) is 0.692. The van der Waals surface area contributed by atoms with Crippen LogP contribution in [0.1, 0.15) is 34.6 Å². The van der Waals surface area contributed by atoms with E-state index in [0.717, 1.165) is 6.54 Å². The molecule has 0 aliphatic heterocycles. The summed E-state index contributed by atoms with van der Waals surface area (Å²) < 4.78 is 0. The maximum Gasteiger partial charge on any atom is 0.0134 e. The van der Waals surface area contributed by atoms with Gasteiger partial charge in [0.1, 0.15) is 0 Å². The van der Waals surface area contributed by atoms with Crippen molar-refractivity contribution in [2.75, 3.05) is 13.6 Å². The molecule has 0 aliphatic carbocycles. The average Bonchev–Trinajstić information content (AvgIpc) is 2.01. The standard InChI is InChI=1S/C13H25N/c1-11(2)12(13(3,4)5)9-7-8-10-14-6/h7-9,11,14H,10H2,1-6H3/b8-7-,12-9+. The molecule has 0 rings (SSSR count). The number of likely N-dealkylation sites (N-methyl/N-ethyl adjacent to an activating group) is 1. The first-order valence-electron chi connectivity index (χ1n) is 5.41. The van der Waals surface area contributed by atoms with Crippen molar-refractivity contribution in [2.45, 2.75) is 34.6 Å². The SMILES string of the molecule is CNC/C=C\C=C(/C(C)C)C(C)(C)C. The van der Waals surface area contributed by atoms with Gasteiger partial charge in [-0.15, -0.1) is 0 Å². The largest absolute Gasteiger partial charge is 0.316 e. The molecular formula is C13H25N. The molecule has 0 amide bonds. The number of nitrogens with one attached hydrogen (secondary N) is 1. The Bertz CT molecular complexity index is 204. The lowest BCUT2D eigenvalue weighted by Crippen LogP contribution is -2.14. The minimum Gasteiger partial charge on any atom is -0.316 e. The molecule has 1 N–H and O–H groups in total. The molecule has 0 saturated heterocycles. The van der Waals surface area contributed by atoms with Crippen LogP contribution >= 0.6 is 0 Å². The van der Waals surface area contributed by atoms with Gasteiger partial charge in [-0.25, -0.2) is 0 Å². The van der Waals surface area contributed by atoms with Gasteiger partial charge < -0.3 is 5.32 Å². The van der Waals surface area contributed by atoms with Gasteiger partial charge >= 0.3 is 0 Å². The lowest BCUT2D eigenvalue weighted by atomic mass is 9.80. The first kappa shape index (κ1) is 13.4. The van der Waals surface area contributed by atoms with Crippen LogP contribution in [0.15, 0.2) is 23.8 Å². The lowest BCUT2D eigenvalue weighted by Gasteiger charge is -2.26. The van der Waals surface area contributed by atoms with E-state index in [1.165, 1.54) is 5.57 Å². The van der Waals surface area contributed by atoms with Crippen molar-refractivity contribution in [2.24, 2.45) is 11.3 Å². The maximum atomic E-state index is 3.09. The van der Waals surface area contributed by atoms with Gasteiger partial charge in [-0.2, -0.15) is 0 Å². The smallest absolute Gasteiger partial charge is 0.0134 e. The van der Waals surface area contributed by atoms with E-state index in [2.05, 4.69) is 58.2 Å². The zero-order valence-electron chi connectivity index (χ0n) is 10.5. The molecule has 0 aliphatic rings. The van der Waals surface area contributed by atoms with Gasteiger partial charge in [-0.1, -0.05) is 58.4 Å². The molecule has 0 heterocycles. The number of rotatable bonds is 4. The van der Waals surface area contributed by atoms with Crippen molar-refractivity contribution in [3.05, 3.63) is 23.8 Å². The summed E-state index contributed by atoms with van der Waals surface area (Å²) in [4.78, 5) is 0. The molecule has 0 atom stereocenters. The third-order valence-electron chi connectivity index (χ3n) is 2.22. The van der Waals surface area contributed by atoms with Crippen molar-refractivity contribution >= 4 is 0 Å². The third-order valence-corrected chi connectivity index (χ3v) is 2.22. The first-order valence-corrected chi connectivity index (χ1v) is 5.41. The first-order chi connectivity index (χ1) is 6.39. The number of allylic oxidation sites excluding steroid dienone is 3. The van der Waals surface area contributed by atoms with Gasteiger partial charge in [0, 0.05) is 6.54 Å². The van der Waals surface area contributed by atoms with E-state index in [4.69, 9.17) is 0 Å². The highest BCUT2D eigenvalue weighted by Gasteiger charge is 2.18. The second-order valence-corrected chi connectivity index (χ2v) is 5.01. The minimum atomic E-state index is 0.276. The molecule has 1 heteroatoms. The average molecular weight is 195 g/mol. The van der Waals surface area contributed by atoms with Crippen molar-refractivity contribution < 1.29 is 0 Å². The third kappa shape index (κ3) is 5.23. The highest BCUT2D eigenvalue weighted by Crippen LogP contribution is 2.30. The van der Waals surface area contributed by atoms with Crippen LogP contribution in [-0.4, -0.2) is 13.6 Å². The molecule has 0 radical (unpaired) electrons. The molecule has 0 fully saturated rings. The highest BCUT2D eigenvalue weighted by atomic mass is 14.8. The summed E-state index contributed by atoms with van der Waals surface area (Å²) in [5, 5.41) is 3.09. The van der Waals surface area contributed by atoms with E-state index in [1.807, 2.05) is 7.05 Å². The second kappa shape index (κ2) is 6.02. The zero-order chi connectivity index (χ0) is 11.2. The summed E-state index contributed by atoms with van der Waals surface area (Å²) in [6, 6.07) is 0. The van der Waals surface area contributed by atoms with Gasteiger partial charge in [0.05, 0.1) is 0 Å². The Labute approximate surface area is 89.3 Å². The molecule has 14 heavy (non-hydrogen) atoms. The van der Waals surface area contributed by atoms with Crippen LogP contribution in [0.4, 0.5) is 0 Å². The minimum absolute atomic E-state index is 0.276. The van der Waals surface area contributed by atoms with Gasteiger partial charge in [-0.3, -0.25) is 0 Å². The molecule has 0 spiro atoms. The second-order valence-electron chi connectivity index (χ2n) is 5.01. The van der Waals surface area contributed by atoms with E-state index >= 15 is 0 Å². The van der Waals surface area contributed by atoms with Crippen LogP contribution in [0.25, 0.3) is 0 Å². The van der Waals surface area contributed by atoms with Crippen LogP contribution in [-0.2, 0) is 0 Å². The molecular weight excluding hydrogens is 170 g/mol. The van der Waals surface area contributed by atoms with E-state index in [1.54, 1.807) is 0 Å². The monoisotopic (exact) mass is 195 g/mol. The van der Waals surface area contributed by atoms with Gasteiger partial charge in [-0.05, 0) is 18.4 Å². The van der Waals surface area contributed by atoms with Crippen LogP contribution < -0.4 is 5.32 Å². The highest BCUT2D eigenvalue weighted by molar-refractivity contribution is 5.19. The molecule has 0 unspecified atom stereocenters. The molecule has 1 nitrogen and oxygen atoms in total. The summed E-state index contributed by atoms with van der Waals surface area (Å²) in [5.41, 5.74) is 1.78. The van der Waals surface area contributed by atoms with Crippen molar-refractivity contribution in [1.29, 1.82) is 0 Å². The quantitative estimate of drug-likeness (QED) is 0.678. The fourth-order valence-corrected chi connectivity index (χ4v) is 1.67. The Morgan fingerprint density at radius 1 is 1.29 bits per heavy atom. The summed E-state index contributed by atoms with van der Waals surface area (Å²) >= 11 is 0. The van der Waals surface area contributed by atoms with Crippen molar-refractivity contribution in [3.63, 3.8) is 0 Å². The van der Waals surface area contributed by atoms with Gasteiger partial charge in [0.25, 0.3) is 0 Å². The fourth-order valence-electron chi connectivity index (χ4n) is 1.67. The summed E-state index contributed by atoms with van der Waals surface area (Å²) in [7, 11) is 1.96. The van der Waals surface area contributed by atoms with Crippen molar-refractivity contribution in [1.82, 2.24) is 5.32 Å². The summed E-state index contributed by atoms with van der Waals surface area (Å²) in [5.74, 6) is 0.620. The Hall–Kier alpha value is -0.560. The topological polar surface area (TPSA) is 12.0 Å². The molecule has 0 aromatic rings. The van der Waals surface area contributed by atoms with E-state index in [0.29, 0.717) is 5.92 Å². The van der Waals surface area contributed by atoms with E-state index < -0.39 is 0 Å². The molecule has 0 aromatic heterocycles. The van der Waals surface area contributed by atoms with E-state index in [9.17, 15) is 0 Å². The lowest BCUT2D eigenvalue weighted by molar-refractivity contribution is 0.448. The Morgan fingerprint density at radius 2 is 1.86 bits per heavy atom. The molecule has 82 valence electrons. The van der Waals surface area contributed by atoms with Crippen LogP contribution in [0.5, 0.6) is 0 Å².